The number of nitrogens with two attached hydrogens (primary N) is 1. The first kappa shape index (κ1) is 12.3. The summed E-state index contributed by atoms with van der Waals surface area (Å²) >= 11 is 0. The minimum absolute atomic E-state index is 0.261. The topological polar surface area (TPSA) is 46.2 Å². The lowest BCUT2D eigenvalue weighted by Gasteiger charge is -2.12. The van der Waals surface area contributed by atoms with Crippen molar-refractivity contribution in [1.29, 1.82) is 0 Å². The Labute approximate surface area is 118 Å². The quantitative estimate of drug-likeness (QED) is 0.533. The zero-order valence-corrected chi connectivity index (χ0v) is 11.0. The summed E-state index contributed by atoms with van der Waals surface area (Å²) in [4.78, 5) is 0. The first-order valence-electron chi connectivity index (χ1n) is 6.49. The zero-order chi connectivity index (χ0) is 13.9. The average molecular weight is 261 g/mol. The van der Waals surface area contributed by atoms with Crippen molar-refractivity contribution < 1.29 is 5.11 Å². The van der Waals surface area contributed by atoms with Gasteiger partial charge in [-0.15, -0.1) is 0 Å². The summed E-state index contributed by atoms with van der Waals surface area (Å²) in [5.74, 6) is 0.261. The van der Waals surface area contributed by atoms with E-state index in [0.29, 0.717) is 5.69 Å². The zero-order valence-electron chi connectivity index (χ0n) is 11.0. The van der Waals surface area contributed by atoms with Crippen LogP contribution in [0.3, 0.4) is 0 Å². The minimum Gasteiger partial charge on any atom is -0.507 e. The molecule has 98 valence electrons. The molecule has 0 aliphatic carbocycles. The molecule has 0 saturated carbocycles. The van der Waals surface area contributed by atoms with Gasteiger partial charge < -0.3 is 10.8 Å². The third kappa shape index (κ3) is 2.24. The molecule has 2 heteroatoms. The Morgan fingerprint density at radius 3 is 1.45 bits per heavy atom. The summed E-state index contributed by atoms with van der Waals surface area (Å²) in [6.45, 7) is 0. The fourth-order valence-corrected chi connectivity index (χ4v) is 2.33. The van der Waals surface area contributed by atoms with Crippen LogP contribution < -0.4 is 5.73 Å². The van der Waals surface area contributed by atoms with E-state index in [1.54, 1.807) is 12.1 Å². The molecule has 0 bridgehead atoms. The van der Waals surface area contributed by atoms with Gasteiger partial charge in [-0.05, 0) is 23.3 Å². The number of benzene rings is 3. The van der Waals surface area contributed by atoms with E-state index in [1.165, 1.54) is 0 Å². The molecule has 0 fully saturated rings. The van der Waals surface area contributed by atoms with Gasteiger partial charge in [-0.25, -0.2) is 0 Å². The van der Waals surface area contributed by atoms with Crippen molar-refractivity contribution >= 4 is 5.69 Å². The third-order valence-electron chi connectivity index (χ3n) is 3.30. The van der Waals surface area contributed by atoms with Crippen LogP contribution in [0.4, 0.5) is 5.69 Å². The van der Waals surface area contributed by atoms with Gasteiger partial charge in [-0.1, -0.05) is 60.7 Å². The van der Waals surface area contributed by atoms with Crippen molar-refractivity contribution in [3.8, 4) is 28.0 Å². The number of nitrogen functional groups attached to an aromatic ring is 1. The van der Waals surface area contributed by atoms with Gasteiger partial charge in [0.15, 0.2) is 0 Å². The first-order valence-corrected chi connectivity index (χ1v) is 6.49. The van der Waals surface area contributed by atoms with Crippen molar-refractivity contribution in [1.82, 2.24) is 0 Å². The molecule has 20 heavy (non-hydrogen) atoms. The number of hydrogen-bond donors (Lipinski definition) is 2. The van der Waals surface area contributed by atoms with Crippen LogP contribution in [0.1, 0.15) is 0 Å². The largest absolute Gasteiger partial charge is 0.507 e. The normalized spacial score (nSPS) is 10.4. The Kier molecular flexibility index (Phi) is 3.13. The van der Waals surface area contributed by atoms with Crippen LogP contribution in [0.15, 0.2) is 72.8 Å². The van der Waals surface area contributed by atoms with Crippen LogP contribution in [0.2, 0.25) is 0 Å². The van der Waals surface area contributed by atoms with Crippen molar-refractivity contribution in [3.63, 3.8) is 0 Å². The van der Waals surface area contributed by atoms with E-state index in [0.717, 1.165) is 22.3 Å². The molecule has 3 rings (SSSR count). The predicted molar refractivity (Wildman–Crippen MR) is 83.4 cm³/mol. The molecule has 0 spiro atoms. The molecular formula is C18H15NO. The highest BCUT2D eigenvalue weighted by molar-refractivity contribution is 5.85. The van der Waals surface area contributed by atoms with Gasteiger partial charge in [-0.3, -0.25) is 0 Å². The van der Waals surface area contributed by atoms with E-state index >= 15 is 0 Å². The predicted octanol–water partition coefficient (Wildman–Crippen LogP) is 4.31. The molecule has 0 amide bonds. The van der Waals surface area contributed by atoms with Crippen molar-refractivity contribution in [2.24, 2.45) is 0 Å². The maximum absolute atomic E-state index is 10.6. The standard InChI is InChI=1S/C18H15NO/c19-15-11-16(13-7-3-1-4-8-13)18(20)17(12-15)14-9-5-2-6-10-14/h1-12,20H,19H2. The number of anilines is 1. The Balaban J connectivity index is 2.22. The number of phenols is 1. The molecule has 0 heterocycles. The van der Waals surface area contributed by atoms with Gasteiger partial charge in [0, 0.05) is 16.8 Å². The molecule has 3 aromatic carbocycles. The Morgan fingerprint density at radius 2 is 1.05 bits per heavy atom. The summed E-state index contributed by atoms with van der Waals surface area (Å²) in [5, 5.41) is 10.6. The highest BCUT2D eigenvalue weighted by Crippen LogP contribution is 2.39. The fraction of sp³-hybridized carbons (Fsp3) is 0. The number of aromatic hydroxyl groups is 1. The molecule has 0 atom stereocenters. The van der Waals surface area contributed by atoms with E-state index in [2.05, 4.69) is 0 Å². The summed E-state index contributed by atoms with van der Waals surface area (Å²) in [6.07, 6.45) is 0. The van der Waals surface area contributed by atoms with Gasteiger partial charge in [0.2, 0.25) is 0 Å². The van der Waals surface area contributed by atoms with Gasteiger partial charge in [-0.2, -0.15) is 0 Å². The van der Waals surface area contributed by atoms with E-state index in [4.69, 9.17) is 5.73 Å². The van der Waals surface area contributed by atoms with Crippen LogP contribution in [0.5, 0.6) is 5.75 Å². The van der Waals surface area contributed by atoms with E-state index in [1.807, 2.05) is 60.7 Å². The second-order valence-corrected chi connectivity index (χ2v) is 4.70. The van der Waals surface area contributed by atoms with Gasteiger partial charge in [0.1, 0.15) is 5.75 Å². The lowest BCUT2D eigenvalue weighted by Crippen LogP contribution is -1.90. The van der Waals surface area contributed by atoms with E-state index in [9.17, 15) is 5.11 Å². The Morgan fingerprint density at radius 1 is 0.650 bits per heavy atom. The van der Waals surface area contributed by atoms with Gasteiger partial charge >= 0.3 is 0 Å². The number of phenolic OH excluding ortho intramolecular Hbond substituents is 1. The smallest absolute Gasteiger partial charge is 0.131 e. The van der Waals surface area contributed by atoms with E-state index < -0.39 is 0 Å². The van der Waals surface area contributed by atoms with Crippen LogP contribution in [-0.4, -0.2) is 5.11 Å². The van der Waals surface area contributed by atoms with Crippen molar-refractivity contribution in [2.75, 3.05) is 5.73 Å². The molecule has 0 radical (unpaired) electrons. The monoisotopic (exact) mass is 261 g/mol. The average Bonchev–Trinajstić information content (AvgIpc) is 2.51. The van der Waals surface area contributed by atoms with Crippen molar-refractivity contribution in [3.05, 3.63) is 72.8 Å². The molecule has 3 N–H and O–H groups in total. The summed E-state index contributed by atoms with van der Waals surface area (Å²) < 4.78 is 0. The minimum atomic E-state index is 0.261. The SMILES string of the molecule is Nc1cc(-c2ccccc2)c(O)c(-c2ccccc2)c1. The molecule has 0 aliphatic heterocycles. The maximum Gasteiger partial charge on any atom is 0.131 e. The highest BCUT2D eigenvalue weighted by atomic mass is 16.3. The molecule has 0 unspecified atom stereocenters. The van der Waals surface area contributed by atoms with Gasteiger partial charge in [0.05, 0.1) is 0 Å². The Hall–Kier alpha value is -2.74. The second kappa shape index (κ2) is 5.10. The number of rotatable bonds is 2. The lowest BCUT2D eigenvalue weighted by molar-refractivity contribution is 0.479. The van der Waals surface area contributed by atoms with Crippen LogP contribution >= 0.6 is 0 Å². The summed E-state index contributed by atoms with van der Waals surface area (Å²) in [6, 6.07) is 23.1. The molecule has 2 nitrogen and oxygen atoms in total. The highest BCUT2D eigenvalue weighted by Gasteiger charge is 2.12. The molecule has 0 aliphatic rings. The Bertz CT molecular complexity index is 660. The van der Waals surface area contributed by atoms with Crippen molar-refractivity contribution in [2.45, 2.75) is 0 Å². The number of hydrogen-bond acceptors (Lipinski definition) is 2. The maximum atomic E-state index is 10.6. The third-order valence-corrected chi connectivity index (χ3v) is 3.30. The first-order chi connectivity index (χ1) is 9.75. The van der Waals surface area contributed by atoms with Crippen LogP contribution in [0, 0.1) is 0 Å². The second-order valence-electron chi connectivity index (χ2n) is 4.70. The lowest BCUT2D eigenvalue weighted by atomic mass is 9.96. The fourth-order valence-electron chi connectivity index (χ4n) is 2.33. The van der Waals surface area contributed by atoms with Gasteiger partial charge in [0.25, 0.3) is 0 Å². The van der Waals surface area contributed by atoms with Crippen LogP contribution in [-0.2, 0) is 0 Å². The molecular weight excluding hydrogens is 246 g/mol. The molecule has 0 saturated heterocycles. The van der Waals surface area contributed by atoms with Crippen LogP contribution in [0.25, 0.3) is 22.3 Å². The molecule has 3 aromatic rings. The summed E-state index contributed by atoms with van der Waals surface area (Å²) in [7, 11) is 0. The molecule has 0 aromatic heterocycles. The van der Waals surface area contributed by atoms with E-state index in [-0.39, 0.29) is 5.75 Å². The summed E-state index contributed by atoms with van der Waals surface area (Å²) in [5.41, 5.74) is 10.0.